The van der Waals surface area contributed by atoms with Crippen molar-refractivity contribution in [2.75, 3.05) is 0 Å². The van der Waals surface area contributed by atoms with Gasteiger partial charge in [0.05, 0.1) is 16.9 Å². The van der Waals surface area contributed by atoms with E-state index in [1.807, 2.05) is 49.4 Å². The standard InChI is InChI=1S/C33H23FN3S.C18H24GeN.Ir/c1-19-17-23(22-12-14-24(34)15-13-22)18-20(2)30(19)37-29-10-5-4-9-28(29)36-32(37)27-8-6-7-25-26-16-11-21(3)35-33(26)38-31(25)27;1-14(2)11-16-12-18(15-9-7-6-8-10-15)20-13-17(16)19(3,4)5;/h4-7,9-18H,1-3H3;6-9,12-14H,11H2,1-5H3;/q2*-1;. The van der Waals surface area contributed by atoms with Crippen molar-refractivity contribution in [1.82, 2.24) is 19.5 Å². The third kappa shape index (κ3) is 8.76. The van der Waals surface area contributed by atoms with E-state index in [0.29, 0.717) is 5.92 Å². The number of pyridine rings is 2. The third-order valence-corrected chi connectivity index (χ3v) is 16.0. The molecule has 8 heteroatoms. The predicted octanol–water partition coefficient (Wildman–Crippen LogP) is 13.3. The van der Waals surface area contributed by atoms with E-state index in [1.54, 1.807) is 15.7 Å². The zero-order valence-electron chi connectivity index (χ0n) is 34.7. The molecule has 0 aliphatic heterocycles. The van der Waals surface area contributed by atoms with Crippen molar-refractivity contribution in [3.05, 3.63) is 162 Å². The zero-order chi connectivity index (χ0) is 40.7. The Balaban J connectivity index is 0.000000214. The molecule has 0 amide bonds. The van der Waals surface area contributed by atoms with E-state index in [0.717, 1.165) is 88.7 Å². The van der Waals surface area contributed by atoms with Gasteiger partial charge < -0.3 is 4.57 Å². The van der Waals surface area contributed by atoms with Crippen LogP contribution >= 0.6 is 11.3 Å². The van der Waals surface area contributed by atoms with Crippen molar-refractivity contribution in [3.8, 4) is 39.5 Å². The number of rotatable bonds is 7. The van der Waals surface area contributed by atoms with Gasteiger partial charge >= 0.3 is 126 Å². The Kier molecular flexibility index (Phi) is 12.5. The molecule has 0 aliphatic carbocycles. The molecule has 4 heterocycles. The molecule has 59 heavy (non-hydrogen) atoms. The molecule has 0 unspecified atom stereocenters. The van der Waals surface area contributed by atoms with Crippen molar-refractivity contribution in [2.45, 2.75) is 58.3 Å². The monoisotopic (exact) mass is 1030 g/mol. The molecule has 4 aromatic heterocycles. The molecule has 299 valence electrons. The fourth-order valence-corrected chi connectivity index (χ4v) is 12.4. The van der Waals surface area contributed by atoms with Crippen molar-refractivity contribution in [3.63, 3.8) is 0 Å². The quantitative estimate of drug-likeness (QED) is 0.118. The van der Waals surface area contributed by atoms with E-state index < -0.39 is 13.3 Å². The fourth-order valence-electron chi connectivity index (χ4n) is 7.90. The molecule has 0 saturated heterocycles. The molecule has 0 aliphatic rings. The van der Waals surface area contributed by atoms with Crippen LogP contribution in [0.1, 0.15) is 36.2 Å². The van der Waals surface area contributed by atoms with Gasteiger partial charge in [0.25, 0.3) is 0 Å². The van der Waals surface area contributed by atoms with Crippen molar-refractivity contribution < 1.29 is 24.5 Å². The summed E-state index contributed by atoms with van der Waals surface area (Å²) in [5.41, 5.74) is 13.0. The number of thiophene rings is 1. The van der Waals surface area contributed by atoms with Crippen LogP contribution in [0, 0.1) is 44.6 Å². The van der Waals surface area contributed by atoms with Gasteiger partial charge in [-0.25, -0.2) is 9.37 Å². The molecule has 0 bridgehead atoms. The maximum Gasteiger partial charge on any atom is 0.123 e. The van der Waals surface area contributed by atoms with E-state index in [9.17, 15) is 4.39 Å². The van der Waals surface area contributed by atoms with E-state index in [2.05, 4.69) is 129 Å². The summed E-state index contributed by atoms with van der Waals surface area (Å²) in [6.45, 7) is 10.9. The fraction of sp³-hybridized carbons (Fsp3) is 0.196. The number of hydrogen-bond acceptors (Lipinski definition) is 4. The van der Waals surface area contributed by atoms with Crippen LogP contribution in [0.3, 0.4) is 0 Å². The van der Waals surface area contributed by atoms with Gasteiger partial charge in [-0.05, 0) is 95.6 Å². The minimum absolute atomic E-state index is 0. The third-order valence-electron chi connectivity index (χ3n) is 10.5. The molecule has 4 nitrogen and oxygen atoms in total. The summed E-state index contributed by atoms with van der Waals surface area (Å²) >= 11 is -0.164. The second-order valence-electron chi connectivity index (χ2n) is 16.6. The number of benzene rings is 5. The van der Waals surface area contributed by atoms with Gasteiger partial charge in [-0.1, -0.05) is 41.3 Å². The second-order valence-corrected chi connectivity index (χ2v) is 28.1. The Morgan fingerprint density at radius 2 is 1.49 bits per heavy atom. The number of aromatic nitrogens is 4. The van der Waals surface area contributed by atoms with E-state index in [1.165, 1.54) is 23.1 Å². The summed E-state index contributed by atoms with van der Waals surface area (Å²) in [5, 5.41) is 2.33. The van der Waals surface area contributed by atoms with Gasteiger partial charge in [-0.15, -0.1) is 18.2 Å². The number of fused-ring (bicyclic) bond motifs is 4. The minimum Gasteiger partial charge on any atom is -0.333 e. The first kappa shape index (κ1) is 42.3. The van der Waals surface area contributed by atoms with Crippen molar-refractivity contribution in [2.24, 2.45) is 5.92 Å². The average molecular weight is 1030 g/mol. The molecule has 0 fully saturated rings. The van der Waals surface area contributed by atoms with Crippen LogP contribution in [0.5, 0.6) is 0 Å². The summed E-state index contributed by atoms with van der Waals surface area (Å²) in [6.07, 6.45) is 3.27. The first-order valence-electron chi connectivity index (χ1n) is 19.9. The van der Waals surface area contributed by atoms with Crippen LogP contribution in [-0.2, 0) is 26.5 Å². The second kappa shape index (κ2) is 17.4. The molecule has 0 atom stereocenters. The van der Waals surface area contributed by atoms with Crippen LogP contribution < -0.4 is 4.40 Å². The molecular formula is C51H47FGeIrN4S-2. The largest absolute Gasteiger partial charge is 0.333 e. The summed E-state index contributed by atoms with van der Waals surface area (Å²) in [7, 11) is 0. The zero-order valence-corrected chi connectivity index (χ0v) is 40.0. The molecule has 9 rings (SSSR count). The number of halogens is 1. The van der Waals surface area contributed by atoms with E-state index in [-0.39, 0.29) is 25.9 Å². The number of nitrogens with zero attached hydrogens (tertiary/aromatic N) is 4. The van der Waals surface area contributed by atoms with E-state index >= 15 is 0 Å². The first-order chi connectivity index (χ1) is 27.9. The minimum atomic E-state index is -1.86. The normalized spacial score (nSPS) is 11.6. The summed E-state index contributed by atoms with van der Waals surface area (Å²) < 4.78 is 18.5. The first-order valence-corrected chi connectivity index (χ1v) is 28.0. The maximum absolute atomic E-state index is 13.5. The molecule has 5 aromatic carbocycles. The van der Waals surface area contributed by atoms with Crippen LogP contribution in [0.25, 0.3) is 70.8 Å². The van der Waals surface area contributed by atoms with Crippen LogP contribution in [-0.4, -0.2) is 32.8 Å². The van der Waals surface area contributed by atoms with Gasteiger partial charge in [-0.2, -0.15) is 11.3 Å². The molecular weight excluding hydrogens is 984 g/mol. The summed E-state index contributed by atoms with van der Waals surface area (Å²) in [5.74, 6) is 8.62. The predicted molar refractivity (Wildman–Crippen MR) is 246 cm³/mol. The van der Waals surface area contributed by atoms with Gasteiger partial charge in [0.2, 0.25) is 0 Å². The molecule has 0 spiro atoms. The number of para-hydroxylation sites is 2. The van der Waals surface area contributed by atoms with Crippen molar-refractivity contribution in [1.29, 1.82) is 0 Å². The van der Waals surface area contributed by atoms with Crippen LogP contribution in [0.4, 0.5) is 4.39 Å². The Morgan fingerprint density at radius 3 is 2.19 bits per heavy atom. The number of hydrogen-bond donors (Lipinski definition) is 0. The Labute approximate surface area is 367 Å². The Bertz CT molecular complexity index is 2910. The molecule has 9 aromatic rings. The molecule has 0 N–H and O–H groups in total. The summed E-state index contributed by atoms with van der Waals surface area (Å²) in [6, 6.07) is 44.8. The topological polar surface area (TPSA) is 43.6 Å². The Morgan fingerprint density at radius 1 is 0.763 bits per heavy atom. The van der Waals surface area contributed by atoms with Gasteiger partial charge in [0, 0.05) is 31.5 Å². The maximum atomic E-state index is 13.5. The Hall–Kier alpha value is -4.79. The van der Waals surface area contributed by atoms with Gasteiger partial charge in [0.1, 0.15) is 10.6 Å². The number of imidazole rings is 1. The smallest absolute Gasteiger partial charge is 0.123 e. The molecule has 1 radical (unpaired) electrons. The number of aryl methyl sites for hydroxylation is 3. The van der Waals surface area contributed by atoms with Gasteiger partial charge in [0.15, 0.2) is 0 Å². The average Bonchev–Trinajstić information content (AvgIpc) is 3.76. The molecule has 0 saturated carbocycles. The summed E-state index contributed by atoms with van der Waals surface area (Å²) in [4.78, 5) is 15.7. The van der Waals surface area contributed by atoms with Crippen molar-refractivity contribution >= 4 is 60.3 Å². The SMILES string of the molecule is CC(C)Cc1cc(-c2[c-]cccc2)nc[c]1[Ge]([CH3])([CH3])[CH3].Cc1ccc2c(n1)sc1c(-c3nc4ccccc4n3-c3c(C)cc(-c4ccc(F)cc4)cc3C)[c-]ccc12.[Ir]. The van der Waals surface area contributed by atoms with Crippen LogP contribution in [0.15, 0.2) is 121 Å². The van der Waals surface area contributed by atoms with Crippen LogP contribution in [0.2, 0.25) is 17.3 Å². The van der Waals surface area contributed by atoms with Gasteiger partial charge in [-0.3, -0.25) is 4.98 Å². The van der Waals surface area contributed by atoms with E-state index in [4.69, 9.17) is 15.0 Å².